The Labute approximate surface area is 126 Å². The summed E-state index contributed by atoms with van der Waals surface area (Å²) in [5, 5.41) is 7.84. The van der Waals surface area contributed by atoms with Gasteiger partial charge in [-0.05, 0) is 44.9 Å². The highest BCUT2D eigenvalue weighted by molar-refractivity contribution is 5.26. The lowest BCUT2D eigenvalue weighted by Gasteiger charge is -2.19. The number of nitrogens with one attached hydrogen (secondary N) is 1. The van der Waals surface area contributed by atoms with Gasteiger partial charge in [0.2, 0.25) is 0 Å². The third-order valence-electron chi connectivity index (χ3n) is 4.07. The van der Waals surface area contributed by atoms with Gasteiger partial charge in [-0.3, -0.25) is 4.68 Å². The summed E-state index contributed by atoms with van der Waals surface area (Å²) in [5.74, 6) is -0.136. The highest BCUT2D eigenvalue weighted by Gasteiger charge is 2.17. The molecule has 21 heavy (non-hydrogen) atoms. The molecule has 1 atom stereocenters. The maximum atomic E-state index is 14.0. The van der Waals surface area contributed by atoms with Crippen molar-refractivity contribution in [1.29, 1.82) is 0 Å². The summed E-state index contributed by atoms with van der Waals surface area (Å²) in [6.07, 6.45) is 1.76. The van der Waals surface area contributed by atoms with Crippen LogP contribution >= 0.6 is 0 Å². The minimum absolute atomic E-state index is 0.0372. The van der Waals surface area contributed by atoms with Crippen molar-refractivity contribution in [2.24, 2.45) is 7.05 Å². The molecule has 114 valence electrons. The Bertz CT molecular complexity index is 604. The molecule has 0 fully saturated rings. The van der Waals surface area contributed by atoms with Gasteiger partial charge >= 0.3 is 0 Å². The second-order valence-corrected chi connectivity index (χ2v) is 5.44. The third kappa shape index (κ3) is 3.50. The molecule has 0 radical (unpaired) electrons. The van der Waals surface area contributed by atoms with Crippen molar-refractivity contribution in [1.82, 2.24) is 15.1 Å². The van der Waals surface area contributed by atoms with Crippen LogP contribution in [0, 0.1) is 19.7 Å². The van der Waals surface area contributed by atoms with Crippen LogP contribution < -0.4 is 5.32 Å². The Kier molecular flexibility index (Phi) is 5.12. The van der Waals surface area contributed by atoms with Crippen LogP contribution in [0.5, 0.6) is 0 Å². The third-order valence-corrected chi connectivity index (χ3v) is 4.07. The van der Waals surface area contributed by atoms with Crippen molar-refractivity contribution in [3.8, 4) is 0 Å². The van der Waals surface area contributed by atoms with E-state index in [4.69, 9.17) is 0 Å². The second kappa shape index (κ2) is 6.85. The molecule has 0 bridgehead atoms. The summed E-state index contributed by atoms with van der Waals surface area (Å²) in [7, 11) is 1.96. The van der Waals surface area contributed by atoms with Crippen molar-refractivity contribution in [2.45, 2.75) is 39.7 Å². The topological polar surface area (TPSA) is 29.9 Å². The van der Waals surface area contributed by atoms with E-state index in [1.807, 2.05) is 30.8 Å². The van der Waals surface area contributed by atoms with E-state index in [-0.39, 0.29) is 11.9 Å². The lowest BCUT2D eigenvalue weighted by Crippen LogP contribution is -2.22. The minimum Gasteiger partial charge on any atom is -0.310 e. The Morgan fingerprint density at radius 2 is 2.00 bits per heavy atom. The van der Waals surface area contributed by atoms with Crippen LogP contribution in [0.25, 0.3) is 0 Å². The fraction of sp³-hybridized carbons (Fsp3) is 0.471. The van der Waals surface area contributed by atoms with E-state index in [1.165, 1.54) is 17.3 Å². The first-order chi connectivity index (χ1) is 10.0. The number of nitrogens with zero attached hydrogens (tertiary/aromatic N) is 2. The molecule has 0 amide bonds. The standard InChI is InChI=1S/C17H24FN3/c1-5-19-17(15-8-6-7-9-16(15)18)11-10-14-12(2)20-21(4)13(14)3/h6-9,17,19H,5,10-11H2,1-4H3. The monoisotopic (exact) mass is 289 g/mol. The van der Waals surface area contributed by atoms with E-state index < -0.39 is 0 Å². The molecule has 1 heterocycles. The highest BCUT2D eigenvalue weighted by Crippen LogP contribution is 2.24. The summed E-state index contributed by atoms with van der Waals surface area (Å²) >= 11 is 0. The van der Waals surface area contributed by atoms with Crippen LogP contribution in [0.1, 0.15) is 41.9 Å². The molecule has 0 saturated heterocycles. The Hall–Kier alpha value is -1.68. The zero-order chi connectivity index (χ0) is 15.4. The molecule has 0 aliphatic heterocycles. The van der Waals surface area contributed by atoms with Gasteiger partial charge in [0, 0.05) is 24.3 Å². The predicted octanol–water partition coefficient (Wildman–Crippen LogP) is 3.46. The number of rotatable bonds is 6. The summed E-state index contributed by atoms with van der Waals surface area (Å²) in [6.45, 7) is 6.99. The fourth-order valence-electron chi connectivity index (χ4n) is 2.84. The van der Waals surface area contributed by atoms with E-state index >= 15 is 0 Å². The molecule has 2 aromatic rings. The van der Waals surface area contributed by atoms with Gasteiger partial charge in [0.25, 0.3) is 0 Å². The number of benzene rings is 1. The van der Waals surface area contributed by atoms with Gasteiger partial charge in [-0.25, -0.2) is 4.39 Å². The molecular weight excluding hydrogens is 265 g/mol. The van der Waals surface area contributed by atoms with E-state index in [0.29, 0.717) is 0 Å². The predicted molar refractivity (Wildman–Crippen MR) is 83.8 cm³/mol. The molecule has 0 saturated carbocycles. The molecular formula is C17H24FN3. The molecule has 0 aliphatic rings. The van der Waals surface area contributed by atoms with Crippen LogP contribution in [0.2, 0.25) is 0 Å². The van der Waals surface area contributed by atoms with E-state index in [2.05, 4.69) is 24.3 Å². The number of halogens is 1. The highest BCUT2D eigenvalue weighted by atomic mass is 19.1. The van der Waals surface area contributed by atoms with Crippen LogP contribution in [0.15, 0.2) is 24.3 Å². The van der Waals surface area contributed by atoms with Gasteiger partial charge in [0.15, 0.2) is 0 Å². The van der Waals surface area contributed by atoms with Gasteiger partial charge < -0.3 is 5.32 Å². The SMILES string of the molecule is CCNC(CCc1c(C)nn(C)c1C)c1ccccc1F. The maximum absolute atomic E-state index is 14.0. The molecule has 1 aromatic carbocycles. The minimum atomic E-state index is -0.136. The number of aromatic nitrogens is 2. The number of hydrogen-bond donors (Lipinski definition) is 1. The first kappa shape index (κ1) is 15.7. The van der Waals surface area contributed by atoms with Crippen molar-refractivity contribution >= 4 is 0 Å². The second-order valence-electron chi connectivity index (χ2n) is 5.44. The van der Waals surface area contributed by atoms with E-state index in [0.717, 1.165) is 30.6 Å². The summed E-state index contributed by atoms with van der Waals surface area (Å²) in [5.41, 5.74) is 4.28. The number of aryl methyl sites for hydroxylation is 2. The van der Waals surface area contributed by atoms with Crippen LogP contribution in [0.3, 0.4) is 0 Å². The average molecular weight is 289 g/mol. The van der Waals surface area contributed by atoms with Crippen LogP contribution in [-0.4, -0.2) is 16.3 Å². The molecule has 1 unspecified atom stereocenters. The zero-order valence-electron chi connectivity index (χ0n) is 13.3. The van der Waals surface area contributed by atoms with Crippen molar-refractivity contribution in [3.05, 3.63) is 52.6 Å². The van der Waals surface area contributed by atoms with E-state index in [1.54, 1.807) is 6.07 Å². The molecule has 3 nitrogen and oxygen atoms in total. The van der Waals surface area contributed by atoms with Gasteiger partial charge in [0.1, 0.15) is 5.82 Å². The van der Waals surface area contributed by atoms with Crippen LogP contribution in [0.4, 0.5) is 4.39 Å². The summed E-state index contributed by atoms with van der Waals surface area (Å²) in [6, 6.07) is 7.06. The van der Waals surface area contributed by atoms with Crippen molar-refractivity contribution in [3.63, 3.8) is 0 Å². The van der Waals surface area contributed by atoms with Gasteiger partial charge in [-0.15, -0.1) is 0 Å². The molecule has 1 aromatic heterocycles. The fourth-order valence-corrected chi connectivity index (χ4v) is 2.84. The Morgan fingerprint density at radius 3 is 2.57 bits per heavy atom. The Morgan fingerprint density at radius 1 is 1.29 bits per heavy atom. The maximum Gasteiger partial charge on any atom is 0.127 e. The van der Waals surface area contributed by atoms with Crippen molar-refractivity contribution < 1.29 is 4.39 Å². The summed E-state index contributed by atoms with van der Waals surface area (Å²) in [4.78, 5) is 0. The Balaban J connectivity index is 2.16. The van der Waals surface area contributed by atoms with E-state index in [9.17, 15) is 4.39 Å². The quantitative estimate of drug-likeness (QED) is 0.882. The molecule has 2 rings (SSSR count). The molecule has 4 heteroatoms. The zero-order valence-corrected chi connectivity index (χ0v) is 13.3. The lowest BCUT2D eigenvalue weighted by atomic mass is 9.97. The largest absolute Gasteiger partial charge is 0.310 e. The smallest absolute Gasteiger partial charge is 0.127 e. The first-order valence-electron chi connectivity index (χ1n) is 7.51. The number of hydrogen-bond acceptors (Lipinski definition) is 2. The molecule has 1 N–H and O–H groups in total. The first-order valence-corrected chi connectivity index (χ1v) is 7.51. The van der Waals surface area contributed by atoms with Gasteiger partial charge in [-0.2, -0.15) is 5.10 Å². The lowest BCUT2D eigenvalue weighted by molar-refractivity contribution is 0.484. The molecule has 0 spiro atoms. The summed E-state index contributed by atoms with van der Waals surface area (Å²) < 4.78 is 15.9. The van der Waals surface area contributed by atoms with Gasteiger partial charge in [0.05, 0.1) is 5.69 Å². The normalized spacial score (nSPS) is 12.6. The average Bonchev–Trinajstić information content (AvgIpc) is 2.70. The van der Waals surface area contributed by atoms with Crippen molar-refractivity contribution in [2.75, 3.05) is 6.54 Å². The molecule has 0 aliphatic carbocycles. The van der Waals surface area contributed by atoms with Gasteiger partial charge in [-0.1, -0.05) is 25.1 Å². The van der Waals surface area contributed by atoms with Crippen LogP contribution in [-0.2, 0) is 13.5 Å².